The van der Waals surface area contributed by atoms with Gasteiger partial charge in [-0.05, 0) is 23.6 Å². The lowest BCUT2D eigenvalue weighted by atomic mass is 10.0. The fourth-order valence-corrected chi connectivity index (χ4v) is 2.58. The van der Waals surface area contributed by atoms with E-state index >= 15 is 0 Å². The molecule has 24 heavy (non-hydrogen) atoms. The lowest BCUT2D eigenvalue weighted by molar-refractivity contribution is 0.0996. The van der Waals surface area contributed by atoms with Crippen molar-refractivity contribution < 1.29 is 14.7 Å². The molecule has 2 aromatic carbocycles. The van der Waals surface area contributed by atoms with E-state index in [1.807, 2.05) is 30.3 Å². The van der Waals surface area contributed by atoms with Crippen molar-refractivity contribution in [3.63, 3.8) is 0 Å². The Morgan fingerprint density at radius 3 is 2.29 bits per heavy atom. The summed E-state index contributed by atoms with van der Waals surface area (Å²) < 4.78 is 0. The Bertz CT molecular complexity index is 704. The summed E-state index contributed by atoms with van der Waals surface area (Å²) in [4.78, 5) is 24.2. The molecule has 0 fully saturated rings. The average Bonchev–Trinajstić information content (AvgIpc) is 2.55. The van der Waals surface area contributed by atoms with Crippen molar-refractivity contribution in [3.05, 3.63) is 71.3 Å². The fraction of sp³-hybridized carbons (Fsp3) is 0.222. The molecule has 2 rings (SSSR count). The van der Waals surface area contributed by atoms with Crippen LogP contribution in [0, 0.1) is 0 Å². The van der Waals surface area contributed by atoms with Crippen molar-refractivity contribution in [1.29, 1.82) is 0 Å². The summed E-state index contributed by atoms with van der Waals surface area (Å²) in [6.07, 6.45) is -0.514. The zero-order valence-electron chi connectivity index (χ0n) is 13.3. The van der Waals surface area contributed by atoms with E-state index in [2.05, 4.69) is 0 Å². The molecule has 0 saturated carbocycles. The quantitative estimate of drug-likeness (QED) is 0.720. The van der Waals surface area contributed by atoms with Crippen molar-refractivity contribution in [2.24, 2.45) is 11.5 Å². The van der Waals surface area contributed by atoms with Crippen LogP contribution in [0.1, 0.15) is 21.5 Å². The molecule has 0 radical (unpaired) electrons. The van der Waals surface area contributed by atoms with Crippen molar-refractivity contribution in [2.45, 2.75) is 19.0 Å². The van der Waals surface area contributed by atoms with Gasteiger partial charge >= 0.3 is 6.09 Å². The summed E-state index contributed by atoms with van der Waals surface area (Å²) in [6, 6.07) is 16.0. The molecule has 0 aliphatic heterocycles. The molecule has 1 unspecified atom stereocenters. The second-order valence-corrected chi connectivity index (χ2v) is 5.63. The van der Waals surface area contributed by atoms with Gasteiger partial charge in [0.15, 0.2) is 0 Å². The van der Waals surface area contributed by atoms with Gasteiger partial charge in [-0.15, -0.1) is 0 Å². The third-order valence-corrected chi connectivity index (χ3v) is 3.71. The third kappa shape index (κ3) is 4.82. The molecule has 0 spiro atoms. The van der Waals surface area contributed by atoms with Gasteiger partial charge in [-0.3, -0.25) is 4.79 Å². The molecule has 0 aliphatic rings. The topological polar surface area (TPSA) is 110 Å². The number of carbonyl (C=O) groups is 2. The number of nitrogens with two attached hydrogens (primary N) is 2. The lowest BCUT2D eigenvalue weighted by Gasteiger charge is -2.24. The van der Waals surface area contributed by atoms with Crippen LogP contribution in [-0.2, 0) is 13.0 Å². The number of hydrogen-bond donors (Lipinski definition) is 3. The van der Waals surface area contributed by atoms with Gasteiger partial charge in [0, 0.05) is 24.7 Å². The van der Waals surface area contributed by atoms with Crippen LogP contribution in [0.15, 0.2) is 54.6 Å². The van der Waals surface area contributed by atoms with E-state index in [-0.39, 0.29) is 19.1 Å². The van der Waals surface area contributed by atoms with Gasteiger partial charge in [0.05, 0.1) is 0 Å². The molecule has 0 aliphatic carbocycles. The van der Waals surface area contributed by atoms with Crippen LogP contribution in [0.25, 0.3) is 0 Å². The highest BCUT2D eigenvalue weighted by molar-refractivity contribution is 5.94. The van der Waals surface area contributed by atoms with Crippen LogP contribution in [-0.4, -0.2) is 34.6 Å². The fourth-order valence-electron chi connectivity index (χ4n) is 2.58. The molecule has 1 atom stereocenters. The normalized spacial score (nSPS) is 11.7. The minimum Gasteiger partial charge on any atom is -0.465 e. The van der Waals surface area contributed by atoms with Crippen LogP contribution in [0.4, 0.5) is 4.79 Å². The molecule has 6 nitrogen and oxygen atoms in total. The van der Waals surface area contributed by atoms with E-state index in [1.165, 1.54) is 4.90 Å². The highest BCUT2D eigenvalue weighted by atomic mass is 16.4. The number of nitrogens with zero attached hydrogens (tertiary/aromatic N) is 1. The molecule has 5 N–H and O–H groups in total. The molecular formula is C18H21N3O3. The summed E-state index contributed by atoms with van der Waals surface area (Å²) in [5.74, 6) is -0.579. The van der Waals surface area contributed by atoms with Crippen molar-refractivity contribution in [2.75, 3.05) is 6.54 Å². The number of amides is 2. The van der Waals surface area contributed by atoms with Gasteiger partial charge in [-0.25, -0.2) is 4.79 Å². The predicted octanol–water partition coefficient (Wildman–Crippen LogP) is 1.84. The maximum absolute atomic E-state index is 11.5. The van der Waals surface area contributed by atoms with E-state index in [0.717, 1.165) is 5.56 Å². The van der Waals surface area contributed by atoms with E-state index in [0.29, 0.717) is 17.5 Å². The van der Waals surface area contributed by atoms with Crippen molar-refractivity contribution >= 4 is 12.0 Å². The van der Waals surface area contributed by atoms with E-state index < -0.39 is 12.0 Å². The lowest BCUT2D eigenvalue weighted by Crippen LogP contribution is -2.41. The van der Waals surface area contributed by atoms with Gasteiger partial charge in [-0.2, -0.15) is 0 Å². The summed E-state index contributed by atoms with van der Waals surface area (Å²) in [7, 11) is 0. The number of carbonyl (C=O) groups excluding carboxylic acids is 1. The Labute approximate surface area is 140 Å². The van der Waals surface area contributed by atoms with Gasteiger partial charge in [0.2, 0.25) is 5.91 Å². The molecular weight excluding hydrogens is 306 g/mol. The number of benzene rings is 2. The Hall–Kier alpha value is -2.86. The highest BCUT2D eigenvalue weighted by Gasteiger charge is 2.19. The Morgan fingerprint density at radius 1 is 1.04 bits per heavy atom. The van der Waals surface area contributed by atoms with E-state index in [1.54, 1.807) is 24.3 Å². The Kier molecular flexibility index (Phi) is 5.92. The van der Waals surface area contributed by atoms with Gasteiger partial charge < -0.3 is 21.5 Å². The second-order valence-electron chi connectivity index (χ2n) is 5.63. The first kappa shape index (κ1) is 17.5. The van der Waals surface area contributed by atoms with Crippen LogP contribution in [0.2, 0.25) is 0 Å². The maximum atomic E-state index is 11.5. The largest absolute Gasteiger partial charge is 0.465 e. The zero-order valence-corrected chi connectivity index (χ0v) is 13.3. The molecule has 0 saturated heterocycles. The Balaban J connectivity index is 2.07. The van der Waals surface area contributed by atoms with Gasteiger partial charge in [-0.1, -0.05) is 48.5 Å². The third-order valence-electron chi connectivity index (χ3n) is 3.71. The molecule has 0 aromatic heterocycles. The highest BCUT2D eigenvalue weighted by Crippen LogP contribution is 2.12. The van der Waals surface area contributed by atoms with Crippen LogP contribution in [0.3, 0.4) is 0 Å². The number of rotatable bonds is 7. The van der Waals surface area contributed by atoms with E-state index in [9.17, 15) is 14.7 Å². The SMILES string of the molecule is NC(=O)c1ccccc1CN(CC(N)Cc1ccccc1)C(=O)O. The summed E-state index contributed by atoms with van der Waals surface area (Å²) in [5.41, 5.74) is 13.4. The zero-order chi connectivity index (χ0) is 17.5. The number of carboxylic acid groups (broad SMARTS) is 1. The first-order valence-corrected chi connectivity index (χ1v) is 7.62. The van der Waals surface area contributed by atoms with E-state index in [4.69, 9.17) is 11.5 Å². The average molecular weight is 327 g/mol. The first-order valence-electron chi connectivity index (χ1n) is 7.62. The Morgan fingerprint density at radius 2 is 1.67 bits per heavy atom. The molecule has 0 heterocycles. The van der Waals surface area contributed by atoms with Crippen molar-refractivity contribution in [1.82, 2.24) is 4.90 Å². The number of primary amides is 1. The smallest absolute Gasteiger partial charge is 0.407 e. The maximum Gasteiger partial charge on any atom is 0.407 e. The standard InChI is InChI=1S/C18H21N3O3/c19-15(10-13-6-2-1-3-7-13)12-21(18(23)24)11-14-8-4-5-9-16(14)17(20)22/h1-9,15H,10-12,19H2,(H2,20,22)(H,23,24). The van der Waals surface area contributed by atoms with Crippen LogP contribution < -0.4 is 11.5 Å². The molecule has 2 amide bonds. The second kappa shape index (κ2) is 8.12. The first-order chi connectivity index (χ1) is 11.5. The summed E-state index contributed by atoms with van der Waals surface area (Å²) >= 11 is 0. The van der Waals surface area contributed by atoms with Crippen molar-refractivity contribution in [3.8, 4) is 0 Å². The minimum atomic E-state index is -1.09. The van der Waals surface area contributed by atoms with Gasteiger partial charge in [0.1, 0.15) is 0 Å². The van der Waals surface area contributed by atoms with Crippen LogP contribution >= 0.6 is 0 Å². The van der Waals surface area contributed by atoms with Gasteiger partial charge in [0.25, 0.3) is 0 Å². The monoisotopic (exact) mass is 327 g/mol. The number of hydrogen-bond acceptors (Lipinski definition) is 3. The predicted molar refractivity (Wildman–Crippen MR) is 91.5 cm³/mol. The minimum absolute atomic E-state index is 0.0664. The summed E-state index contributed by atoms with van der Waals surface area (Å²) in [6.45, 7) is 0.230. The molecule has 0 bridgehead atoms. The molecule has 126 valence electrons. The molecule has 6 heteroatoms. The van der Waals surface area contributed by atoms with Crippen LogP contribution in [0.5, 0.6) is 0 Å². The molecule has 2 aromatic rings. The summed E-state index contributed by atoms with van der Waals surface area (Å²) in [5, 5.41) is 9.43.